The van der Waals surface area contributed by atoms with Crippen molar-refractivity contribution in [2.24, 2.45) is 11.1 Å². The number of ketones is 1. The number of nitrogens with zero attached hydrogens (tertiary/aromatic N) is 1. The molecule has 0 bridgehead atoms. The van der Waals surface area contributed by atoms with E-state index >= 15 is 0 Å². The van der Waals surface area contributed by atoms with Crippen molar-refractivity contribution < 1.29 is 4.79 Å². The number of hydrogen-bond acceptors (Lipinski definition) is 4. The molecule has 0 aliphatic heterocycles. The van der Waals surface area contributed by atoms with Crippen LogP contribution < -0.4 is 5.73 Å². The van der Waals surface area contributed by atoms with Crippen molar-refractivity contribution >= 4 is 17.1 Å². The molecule has 1 aliphatic rings. The summed E-state index contributed by atoms with van der Waals surface area (Å²) in [5, 5.41) is 0. The van der Waals surface area contributed by atoms with Crippen LogP contribution >= 0.6 is 11.3 Å². The van der Waals surface area contributed by atoms with Gasteiger partial charge in [0.25, 0.3) is 0 Å². The number of aromatic nitrogens is 1. The fourth-order valence-corrected chi connectivity index (χ4v) is 2.76. The van der Waals surface area contributed by atoms with Gasteiger partial charge in [-0.1, -0.05) is 6.42 Å². The SMILES string of the molecule is NCC1(CC(=O)Cc2cncs2)CCC1. The van der Waals surface area contributed by atoms with Gasteiger partial charge in [0, 0.05) is 23.9 Å². The highest BCUT2D eigenvalue weighted by Crippen LogP contribution is 2.43. The largest absolute Gasteiger partial charge is 0.330 e. The van der Waals surface area contributed by atoms with Crippen molar-refractivity contribution in [3.05, 3.63) is 16.6 Å². The van der Waals surface area contributed by atoms with E-state index in [0.29, 0.717) is 25.2 Å². The number of Topliss-reactive ketones (excluding diaryl/α,β-unsaturated/α-hetero) is 1. The van der Waals surface area contributed by atoms with Gasteiger partial charge in [-0.3, -0.25) is 9.78 Å². The summed E-state index contributed by atoms with van der Waals surface area (Å²) in [6, 6.07) is 0. The van der Waals surface area contributed by atoms with Crippen molar-refractivity contribution in [1.82, 2.24) is 4.98 Å². The number of rotatable bonds is 5. The molecule has 2 N–H and O–H groups in total. The third kappa shape index (κ3) is 2.44. The molecule has 0 atom stereocenters. The Morgan fingerprint density at radius 1 is 1.60 bits per heavy atom. The summed E-state index contributed by atoms with van der Waals surface area (Å²) < 4.78 is 0. The van der Waals surface area contributed by atoms with Crippen LogP contribution in [-0.2, 0) is 11.2 Å². The molecule has 0 radical (unpaired) electrons. The lowest BCUT2D eigenvalue weighted by molar-refractivity contribution is -0.121. The Kier molecular flexibility index (Phi) is 3.17. The first-order valence-electron chi connectivity index (χ1n) is 5.33. The third-order valence-corrected chi connectivity index (χ3v) is 4.05. The fourth-order valence-electron chi connectivity index (χ4n) is 2.13. The highest BCUT2D eigenvalue weighted by molar-refractivity contribution is 7.09. The van der Waals surface area contributed by atoms with Crippen LogP contribution in [0.4, 0.5) is 0 Å². The summed E-state index contributed by atoms with van der Waals surface area (Å²) in [5.41, 5.74) is 7.64. The molecule has 1 saturated carbocycles. The van der Waals surface area contributed by atoms with Gasteiger partial charge < -0.3 is 5.73 Å². The van der Waals surface area contributed by atoms with E-state index in [4.69, 9.17) is 5.73 Å². The second kappa shape index (κ2) is 4.41. The van der Waals surface area contributed by atoms with Crippen LogP contribution in [-0.4, -0.2) is 17.3 Å². The van der Waals surface area contributed by atoms with Crippen LogP contribution in [0.3, 0.4) is 0 Å². The predicted octanol–water partition coefficient (Wildman–Crippen LogP) is 1.77. The predicted molar refractivity (Wildman–Crippen MR) is 60.8 cm³/mol. The molecule has 0 amide bonds. The Hall–Kier alpha value is -0.740. The summed E-state index contributed by atoms with van der Waals surface area (Å²) in [5.74, 6) is 0.310. The number of thiazole rings is 1. The van der Waals surface area contributed by atoms with E-state index in [1.807, 2.05) is 0 Å². The summed E-state index contributed by atoms with van der Waals surface area (Å²) >= 11 is 1.55. The monoisotopic (exact) mass is 224 g/mol. The highest BCUT2D eigenvalue weighted by Gasteiger charge is 2.37. The van der Waals surface area contributed by atoms with Crippen LogP contribution in [0.25, 0.3) is 0 Å². The molecule has 1 heterocycles. The minimum Gasteiger partial charge on any atom is -0.330 e. The van der Waals surface area contributed by atoms with Crippen LogP contribution in [0, 0.1) is 5.41 Å². The molecule has 0 unspecified atom stereocenters. The minimum atomic E-state index is 0.141. The quantitative estimate of drug-likeness (QED) is 0.829. The number of nitrogens with two attached hydrogens (primary N) is 1. The van der Waals surface area contributed by atoms with Crippen molar-refractivity contribution in [3.8, 4) is 0 Å². The molecule has 1 aromatic rings. The molecule has 1 aliphatic carbocycles. The first-order chi connectivity index (χ1) is 7.24. The van der Waals surface area contributed by atoms with E-state index in [0.717, 1.165) is 17.7 Å². The second-order valence-corrected chi connectivity index (χ2v) is 5.39. The molecule has 15 heavy (non-hydrogen) atoms. The second-order valence-electron chi connectivity index (χ2n) is 4.42. The van der Waals surface area contributed by atoms with Crippen molar-refractivity contribution in [3.63, 3.8) is 0 Å². The lowest BCUT2D eigenvalue weighted by Gasteiger charge is -2.40. The molecular formula is C11H16N2OS. The third-order valence-electron chi connectivity index (χ3n) is 3.27. The average Bonchev–Trinajstić information content (AvgIpc) is 2.64. The standard InChI is InChI=1S/C11H16N2OS/c12-7-11(2-1-3-11)5-9(14)4-10-6-13-8-15-10/h6,8H,1-5,7,12H2. The lowest BCUT2D eigenvalue weighted by Crippen LogP contribution is -2.39. The zero-order valence-electron chi connectivity index (χ0n) is 8.74. The van der Waals surface area contributed by atoms with E-state index < -0.39 is 0 Å². The summed E-state index contributed by atoms with van der Waals surface area (Å²) in [4.78, 5) is 16.8. The first-order valence-corrected chi connectivity index (χ1v) is 6.21. The molecule has 0 aromatic carbocycles. The maximum absolute atomic E-state index is 11.8. The van der Waals surface area contributed by atoms with E-state index in [1.165, 1.54) is 6.42 Å². The zero-order valence-corrected chi connectivity index (χ0v) is 9.55. The molecule has 1 aromatic heterocycles. The van der Waals surface area contributed by atoms with E-state index in [-0.39, 0.29) is 5.41 Å². The molecule has 3 nitrogen and oxygen atoms in total. The Labute approximate surface area is 93.7 Å². The van der Waals surface area contributed by atoms with Crippen LogP contribution in [0.2, 0.25) is 0 Å². The number of carbonyl (C=O) groups is 1. The summed E-state index contributed by atoms with van der Waals surface area (Å²) in [6.45, 7) is 0.654. The summed E-state index contributed by atoms with van der Waals surface area (Å²) in [7, 11) is 0. The molecule has 2 rings (SSSR count). The van der Waals surface area contributed by atoms with E-state index in [1.54, 1.807) is 23.0 Å². The van der Waals surface area contributed by atoms with Gasteiger partial charge in [-0.2, -0.15) is 0 Å². The van der Waals surface area contributed by atoms with Gasteiger partial charge in [0.2, 0.25) is 0 Å². The van der Waals surface area contributed by atoms with Gasteiger partial charge in [-0.05, 0) is 24.8 Å². The van der Waals surface area contributed by atoms with E-state index in [9.17, 15) is 4.79 Å². The van der Waals surface area contributed by atoms with Crippen LogP contribution in [0.5, 0.6) is 0 Å². The van der Waals surface area contributed by atoms with Gasteiger partial charge in [-0.15, -0.1) is 11.3 Å². The Morgan fingerprint density at radius 2 is 2.40 bits per heavy atom. The van der Waals surface area contributed by atoms with Crippen molar-refractivity contribution in [2.45, 2.75) is 32.1 Å². The minimum absolute atomic E-state index is 0.141. The molecule has 0 saturated heterocycles. The van der Waals surface area contributed by atoms with Gasteiger partial charge >= 0.3 is 0 Å². The number of hydrogen-bond donors (Lipinski definition) is 1. The molecule has 82 valence electrons. The van der Waals surface area contributed by atoms with E-state index in [2.05, 4.69) is 4.98 Å². The van der Waals surface area contributed by atoms with Gasteiger partial charge in [0.1, 0.15) is 5.78 Å². The van der Waals surface area contributed by atoms with Gasteiger partial charge in [0.05, 0.1) is 5.51 Å². The molecule has 1 fully saturated rings. The smallest absolute Gasteiger partial charge is 0.138 e. The highest BCUT2D eigenvalue weighted by atomic mass is 32.1. The Balaban J connectivity index is 1.87. The summed E-state index contributed by atoms with van der Waals surface area (Å²) in [6.07, 6.45) is 6.44. The van der Waals surface area contributed by atoms with Crippen molar-refractivity contribution in [2.75, 3.05) is 6.54 Å². The van der Waals surface area contributed by atoms with Gasteiger partial charge in [-0.25, -0.2) is 0 Å². The van der Waals surface area contributed by atoms with Gasteiger partial charge in [0.15, 0.2) is 0 Å². The maximum atomic E-state index is 11.8. The Bertz CT molecular complexity index is 325. The zero-order chi connectivity index (χ0) is 10.7. The van der Waals surface area contributed by atoms with Crippen LogP contribution in [0.1, 0.15) is 30.6 Å². The number of carbonyl (C=O) groups excluding carboxylic acids is 1. The fraction of sp³-hybridized carbons (Fsp3) is 0.636. The lowest BCUT2D eigenvalue weighted by atomic mass is 9.66. The first kappa shape index (κ1) is 10.8. The molecular weight excluding hydrogens is 208 g/mol. The normalized spacial score (nSPS) is 18.5. The Morgan fingerprint density at radius 3 is 2.87 bits per heavy atom. The van der Waals surface area contributed by atoms with Crippen molar-refractivity contribution in [1.29, 1.82) is 0 Å². The topological polar surface area (TPSA) is 56.0 Å². The molecule has 0 spiro atoms. The van der Waals surface area contributed by atoms with Crippen LogP contribution in [0.15, 0.2) is 11.7 Å². The molecule has 4 heteroatoms. The maximum Gasteiger partial charge on any atom is 0.138 e. The average molecular weight is 224 g/mol.